The summed E-state index contributed by atoms with van der Waals surface area (Å²) in [5, 5.41) is 8.54. The van der Waals surface area contributed by atoms with Crippen molar-refractivity contribution in [1.82, 2.24) is 10.2 Å². The Bertz CT molecular complexity index is 979. The largest absolute Gasteiger partial charge is 0.347 e. The molecule has 4 heterocycles. The Hall–Kier alpha value is -1.39. The lowest BCUT2D eigenvalue weighted by Gasteiger charge is -2.49. The molecule has 0 radical (unpaired) electrons. The van der Waals surface area contributed by atoms with E-state index in [1.165, 1.54) is 29.2 Å². The standard InChI is InChI=1S/C19H23N3O3S3/c1-12-18(13-8-10-22(12)11-9-13)21-19(23)15-6-7-17(27-15)26-14-4-2-3-5-16(14)28(20,24)25/h2-7,12-13,18H,8-11H2,1H3,(H,21,23)(H2,20,24,25). The molecule has 0 spiro atoms. The molecule has 3 fully saturated rings. The highest BCUT2D eigenvalue weighted by atomic mass is 32.2. The van der Waals surface area contributed by atoms with Crippen molar-refractivity contribution < 1.29 is 13.2 Å². The van der Waals surface area contributed by atoms with Crippen LogP contribution in [0.4, 0.5) is 0 Å². The number of piperidine rings is 3. The number of rotatable bonds is 5. The van der Waals surface area contributed by atoms with E-state index in [1.54, 1.807) is 24.3 Å². The van der Waals surface area contributed by atoms with Gasteiger partial charge in [-0.3, -0.25) is 9.69 Å². The van der Waals surface area contributed by atoms with Gasteiger partial charge in [0.05, 0.1) is 14.0 Å². The van der Waals surface area contributed by atoms with Crippen LogP contribution in [0.1, 0.15) is 29.4 Å². The maximum Gasteiger partial charge on any atom is 0.261 e. The number of carbonyl (C=O) groups is 1. The Morgan fingerprint density at radius 1 is 1.21 bits per heavy atom. The monoisotopic (exact) mass is 437 g/mol. The topological polar surface area (TPSA) is 92.5 Å². The predicted octanol–water partition coefficient (Wildman–Crippen LogP) is 2.76. The minimum Gasteiger partial charge on any atom is -0.347 e. The summed E-state index contributed by atoms with van der Waals surface area (Å²) in [4.78, 5) is 16.5. The molecule has 3 saturated heterocycles. The normalized spacial score (nSPS) is 26.9. The summed E-state index contributed by atoms with van der Waals surface area (Å²) in [5.74, 6) is 0.501. The molecule has 3 aliphatic rings. The van der Waals surface area contributed by atoms with Crippen molar-refractivity contribution in [3.05, 3.63) is 41.3 Å². The molecule has 2 unspecified atom stereocenters. The first kappa shape index (κ1) is 19.9. The number of nitrogens with zero attached hydrogens (tertiary/aromatic N) is 1. The van der Waals surface area contributed by atoms with E-state index in [0.717, 1.165) is 30.1 Å². The minimum atomic E-state index is -3.79. The molecule has 6 nitrogen and oxygen atoms in total. The summed E-state index contributed by atoms with van der Waals surface area (Å²) < 4.78 is 24.4. The Kier molecular flexibility index (Phi) is 5.54. The number of benzene rings is 1. The first-order valence-corrected chi connectivity index (χ1v) is 12.5. The Morgan fingerprint density at radius 2 is 1.93 bits per heavy atom. The molecule has 3 N–H and O–H groups in total. The SMILES string of the molecule is CC1C(NC(=O)c2ccc(Sc3ccccc3S(N)(=O)=O)s2)C2CCN1CC2. The first-order chi connectivity index (χ1) is 13.3. The third-order valence-corrected chi connectivity index (χ3v) is 9.04. The van der Waals surface area contributed by atoms with E-state index in [2.05, 4.69) is 17.1 Å². The van der Waals surface area contributed by atoms with Gasteiger partial charge in [-0.25, -0.2) is 13.6 Å². The Labute approximate surface area is 173 Å². The minimum absolute atomic E-state index is 0.0535. The second kappa shape index (κ2) is 7.79. The van der Waals surface area contributed by atoms with Gasteiger partial charge in [-0.2, -0.15) is 0 Å². The molecule has 5 rings (SSSR count). The number of nitrogens with one attached hydrogen (secondary N) is 1. The fraction of sp³-hybridized carbons (Fsp3) is 0.421. The lowest BCUT2D eigenvalue weighted by Crippen LogP contribution is -2.62. The number of hydrogen-bond acceptors (Lipinski definition) is 6. The van der Waals surface area contributed by atoms with Gasteiger partial charge in [-0.05, 0) is 63.0 Å². The predicted molar refractivity (Wildman–Crippen MR) is 111 cm³/mol. The van der Waals surface area contributed by atoms with Gasteiger partial charge in [0.25, 0.3) is 5.91 Å². The van der Waals surface area contributed by atoms with Crippen molar-refractivity contribution in [1.29, 1.82) is 0 Å². The van der Waals surface area contributed by atoms with E-state index in [9.17, 15) is 13.2 Å². The summed E-state index contributed by atoms with van der Waals surface area (Å²) in [7, 11) is -3.79. The van der Waals surface area contributed by atoms with Gasteiger partial charge >= 0.3 is 0 Å². The van der Waals surface area contributed by atoms with E-state index >= 15 is 0 Å². The average molecular weight is 438 g/mol. The van der Waals surface area contributed by atoms with Crippen LogP contribution < -0.4 is 10.5 Å². The van der Waals surface area contributed by atoms with Crippen molar-refractivity contribution in [3.8, 4) is 0 Å². The van der Waals surface area contributed by atoms with Crippen LogP contribution >= 0.6 is 23.1 Å². The Balaban J connectivity index is 1.47. The van der Waals surface area contributed by atoms with E-state index in [-0.39, 0.29) is 16.8 Å². The number of hydrogen-bond donors (Lipinski definition) is 2. The third kappa shape index (κ3) is 3.99. The number of amides is 1. The molecule has 150 valence electrons. The molecular weight excluding hydrogens is 414 g/mol. The van der Waals surface area contributed by atoms with Crippen molar-refractivity contribution in [3.63, 3.8) is 0 Å². The molecule has 2 bridgehead atoms. The first-order valence-electron chi connectivity index (χ1n) is 9.27. The van der Waals surface area contributed by atoms with Gasteiger partial charge in [-0.15, -0.1) is 11.3 Å². The molecule has 0 saturated carbocycles. The van der Waals surface area contributed by atoms with Crippen LogP contribution in [0.25, 0.3) is 0 Å². The molecule has 1 amide bonds. The van der Waals surface area contributed by atoms with E-state index in [0.29, 0.717) is 21.7 Å². The van der Waals surface area contributed by atoms with Gasteiger partial charge < -0.3 is 5.32 Å². The van der Waals surface area contributed by atoms with Crippen LogP contribution in [0.3, 0.4) is 0 Å². The van der Waals surface area contributed by atoms with Crippen LogP contribution in [0.2, 0.25) is 0 Å². The molecule has 2 aromatic rings. The maximum atomic E-state index is 12.8. The summed E-state index contributed by atoms with van der Waals surface area (Å²) in [5.41, 5.74) is 0. The molecule has 9 heteroatoms. The van der Waals surface area contributed by atoms with Gasteiger partial charge in [0.15, 0.2) is 0 Å². The smallest absolute Gasteiger partial charge is 0.261 e. The molecule has 1 aromatic carbocycles. The maximum absolute atomic E-state index is 12.8. The zero-order valence-corrected chi connectivity index (χ0v) is 17.9. The van der Waals surface area contributed by atoms with Crippen molar-refractivity contribution in [2.45, 2.75) is 45.8 Å². The highest BCUT2D eigenvalue weighted by molar-refractivity contribution is 8.01. The highest BCUT2D eigenvalue weighted by Crippen LogP contribution is 2.37. The lowest BCUT2D eigenvalue weighted by atomic mass is 9.79. The molecule has 2 atom stereocenters. The van der Waals surface area contributed by atoms with Gasteiger partial charge in [0.1, 0.15) is 0 Å². The van der Waals surface area contributed by atoms with E-state index in [1.807, 2.05) is 6.07 Å². The van der Waals surface area contributed by atoms with Crippen LogP contribution in [-0.2, 0) is 10.0 Å². The molecule has 3 aliphatic heterocycles. The number of fused-ring (bicyclic) bond motifs is 3. The van der Waals surface area contributed by atoms with E-state index < -0.39 is 10.0 Å². The van der Waals surface area contributed by atoms with Gasteiger partial charge in [0, 0.05) is 17.0 Å². The average Bonchev–Trinajstić information content (AvgIpc) is 3.13. The summed E-state index contributed by atoms with van der Waals surface area (Å²) in [6.45, 7) is 4.44. The van der Waals surface area contributed by atoms with Crippen molar-refractivity contribution >= 4 is 39.0 Å². The number of primary sulfonamides is 1. The summed E-state index contributed by atoms with van der Waals surface area (Å²) in [6, 6.07) is 10.8. The number of sulfonamides is 1. The second-order valence-electron chi connectivity index (χ2n) is 7.33. The lowest BCUT2D eigenvalue weighted by molar-refractivity contribution is 0.0218. The van der Waals surface area contributed by atoms with Crippen LogP contribution in [0.15, 0.2) is 50.4 Å². The van der Waals surface area contributed by atoms with Crippen LogP contribution in [0, 0.1) is 5.92 Å². The number of carbonyl (C=O) groups excluding carboxylic acids is 1. The molecule has 0 aliphatic carbocycles. The Morgan fingerprint density at radius 3 is 2.61 bits per heavy atom. The molecular formula is C19H23N3O3S3. The number of thiophene rings is 1. The second-order valence-corrected chi connectivity index (χ2v) is 11.3. The highest BCUT2D eigenvalue weighted by Gasteiger charge is 2.40. The van der Waals surface area contributed by atoms with Crippen molar-refractivity contribution in [2.24, 2.45) is 11.1 Å². The third-order valence-electron chi connectivity index (χ3n) is 5.65. The van der Waals surface area contributed by atoms with Gasteiger partial charge in [-0.1, -0.05) is 23.9 Å². The van der Waals surface area contributed by atoms with Crippen LogP contribution in [-0.4, -0.2) is 44.4 Å². The summed E-state index contributed by atoms with van der Waals surface area (Å²) in [6.07, 6.45) is 2.29. The molecule has 1 aromatic heterocycles. The number of nitrogens with two attached hydrogens (primary N) is 1. The fourth-order valence-corrected chi connectivity index (χ4v) is 7.25. The van der Waals surface area contributed by atoms with Crippen molar-refractivity contribution in [2.75, 3.05) is 13.1 Å². The van der Waals surface area contributed by atoms with E-state index in [4.69, 9.17) is 5.14 Å². The quantitative estimate of drug-likeness (QED) is 0.750. The summed E-state index contributed by atoms with van der Waals surface area (Å²) >= 11 is 2.68. The fourth-order valence-electron chi connectivity index (χ4n) is 4.14. The zero-order chi connectivity index (χ0) is 19.9. The van der Waals surface area contributed by atoms with Gasteiger partial charge in [0.2, 0.25) is 10.0 Å². The molecule has 28 heavy (non-hydrogen) atoms. The van der Waals surface area contributed by atoms with Crippen LogP contribution in [0.5, 0.6) is 0 Å². The zero-order valence-electron chi connectivity index (χ0n) is 15.5.